The van der Waals surface area contributed by atoms with Crippen LogP contribution in [0.4, 0.5) is 0 Å². The summed E-state index contributed by atoms with van der Waals surface area (Å²) in [5, 5.41) is 34.6. The van der Waals surface area contributed by atoms with Crippen molar-refractivity contribution < 1.29 is 39.6 Å². The highest BCUT2D eigenvalue weighted by molar-refractivity contribution is 5.90. The van der Waals surface area contributed by atoms with Crippen LogP contribution in [0.5, 0.6) is 0 Å². The van der Waals surface area contributed by atoms with E-state index in [1.54, 1.807) is 0 Å². The minimum absolute atomic E-state index is 0.558. The number of carboxylic acid groups (broad SMARTS) is 4. The zero-order valence-corrected chi connectivity index (χ0v) is 13.7. The van der Waals surface area contributed by atoms with Crippen LogP contribution in [-0.4, -0.2) is 50.8 Å². The van der Waals surface area contributed by atoms with Crippen LogP contribution in [0, 0.1) is 0 Å². The van der Waals surface area contributed by atoms with E-state index in [0.29, 0.717) is 24.3 Å². The predicted octanol–water partition coefficient (Wildman–Crippen LogP) is 0.756. The van der Waals surface area contributed by atoms with E-state index in [1.165, 1.54) is 17.5 Å². The van der Waals surface area contributed by atoms with Gasteiger partial charge < -0.3 is 25.7 Å². The molecule has 0 atom stereocenters. The van der Waals surface area contributed by atoms with E-state index in [-0.39, 0.29) is 0 Å². The number of nitrogens with one attached hydrogen (secondary N) is 1. The summed E-state index contributed by atoms with van der Waals surface area (Å²) in [6, 6.07) is 8.63. The van der Waals surface area contributed by atoms with Gasteiger partial charge in [0.25, 0.3) is 0 Å². The van der Waals surface area contributed by atoms with Crippen LogP contribution in [-0.2, 0) is 32.1 Å². The third-order valence-corrected chi connectivity index (χ3v) is 2.74. The number of benzene rings is 1. The van der Waals surface area contributed by atoms with Gasteiger partial charge in [-0.3, -0.25) is 0 Å². The molecule has 1 heterocycles. The van der Waals surface area contributed by atoms with Crippen molar-refractivity contribution in [3.63, 3.8) is 0 Å². The summed E-state index contributed by atoms with van der Waals surface area (Å²) >= 11 is 0. The van der Waals surface area contributed by atoms with Gasteiger partial charge in [-0.2, -0.15) is 0 Å². The number of hydrogen-bond acceptors (Lipinski definition) is 5. The van der Waals surface area contributed by atoms with E-state index in [1.807, 2.05) is 0 Å². The molecule has 1 aliphatic heterocycles. The maximum absolute atomic E-state index is 9.55. The van der Waals surface area contributed by atoms with Crippen LogP contribution >= 0.6 is 0 Å². The number of carbonyl (C=O) groups is 4. The first kappa shape index (κ1) is 22.5. The topological polar surface area (TPSA) is 161 Å². The lowest BCUT2D eigenvalue weighted by Gasteiger charge is -2.15. The van der Waals surface area contributed by atoms with Gasteiger partial charge in [0.1, 0.15) is 0 Å². The Balaban J connectivity index is 0.000000366. The predicted molar refractivity (Wildman–Crippen MR) is 90.7 cm³/mol. The fourth-order valence-electron chi connectivity index (χ4n) is 1.71. The highest BCUT2D eigenvalue weighted by Crippen LogP contribution is 2.11. The van der Waals surface area contributed by atoms with E-state index in [2.05, 4.69) is 29.6 Å². The number of carboxylic acids is 4. The molecule has 0 fully saturated rings. The van der Waals surface area contributed by atoms with Crippen LogP contribution in [0.15, 0.2) is 48.6 Å². The zero-order valence-electron chi connectivity index (χ0n) is 13.7. The SMILES string of the molecule is O=C(O)/C=C/C(=O)O.O=C(O)/C=C/C(=O)O.c1ccc2c(c1)CCNC2. The van der Waals surface area contributed by atoms with Gasteiger partial charge in [-0.1, -0.05) is 24.3 Å². The Morgan fingerprint density at radius 3 is 1.46 bits per heavy atom. The molecule has 0 unspecified atom stereocenters. The Hall–Kier alpha value is -3.46. The van der Waals surface area contributed by atoms with Crippen molar-refractivity contribution in [1.82, 2.24) is 5.32 Å². The summed E-state index contributed by atoms with van der Waals surface area (Å²) in [5.74, 6) is -5.03. The molecule has 9 nitrogen and oxygen atoms in total. The molecular formula is C17H19NO8. The van der Waals surface area contributed by atoms with Crippen LogP contribution < -0.4 is 5.32 Å². The third kappa shape index (κ3) is 13.0. The van der Waals surface area contributed by atoms with Crippen LogP contribution in [0.25, 0.3) is 0 Å². The molecular weight excluding hydrogens is 346 g/mol. The second-order valence-electron chi connectivity index (χ2n) is 4.72. The van der Waals surface area contributed by atoms with Gasteiger partial charge in [-0.25, -0.2) is 19.2 Å². The fourth-order valence-corrected chi connectivity index (χ4v) is 1.71. The van der Waals surface area contributed by atoms with Crippen molar-refractivity contribution in [3.8, 4) is 0 Å². The highest BCUT2D eigenvalue weighted by atomic mass is 16.4. The molecule has 9 heteroatoms. The molecule has 0 aromatic heterocycles. The van der Waals surface area contributed by atoms with E-state index in [0.717, 1.165) is 13.1 Å². The molecule has 5 N–H and O–H groups in total. The second-order valence-corrected chi connectivity index (χ2v) is 4.72. The lowest BCUT2D eigenvalue weighted by Crippen LogP contribution is -2.23. The summed E-state index contributed by atoms with van der Waals surface area (Å²) < 4.78 is 0. The Kier molecular flexibility index (Phi) is 11.2. The first-order chi connectivity index (χ1) is 12.2. The molecule has 0 amide bonds. The summed E-state index contributed by atoms with van der Waals surface area (Å²) in [6.45, 7) is 2.19. The number of hydrogen-bond donors (Lipinski definition) is 5. The standard InChI is InChI=1S/C9H11N.2C4H4O4/c1-2-4-9-7-10-6-5-8(9)3-1;2*5-3(6)1-2-4(7)8/h1-4,10H,5-7H2;2*1-2H,(H,5,6)(H,7,8)/b;2*2-1+. The van der Waals surface area contributed by atoms with Crippen LogP contribution in [0.2, 0.25) is 0 Å². The summed E-state index contributed by atoms with van der Waals surface area (Å²) in [4.78, 5) is 38.2. The summed E-state index contributed by atoms with van der Waals surface area (Å²) in [6.07, 6.45) is 3.42. The first-order valence-corrected chi connectivity index (χ1v) is 7.27. The molecule has 0 radical (unpaired) electrons. The van der Waals surface area contributed by atoms with E-state index < -0.39 is 23.9 Å². The summed E-state index contributed by atoms with van der Waals surface area (Å²) in [7, 11) is 0. The smallest absolute Gasteiger partial charge is 0.328 e. The Bertz CT molecular complexity index is 603. The van der Waals surface area contributed by atoms with Gasteiger partial charge in [-0.05, 0) is 24.1 Å². The maximum atomic E-state index is 9.55. The molecule has 0 aliphatic carbocycles. The van der Waals surface area contributed by atoms with E-state index >= 15 is 0 Å². The molecule has 0 saturated heterocycles. The number of aliphatic carboxylic acids is 4. The van der Waals surface area contributed by atoms with Crippen molar-refractivity contribution in [1.29, 1.82) is 0 Å². The normalized spacial score (nSPS) is 12.2. The molecule has 0 bridgehead atoms. The fraction of sp³-hybridized carbons (Fsp3) is 0.176. The van der Waals surface area contributed by atoms with Crippen molar-refractivity contribution in [2.75, 3.05) is 6.54 Å². The van der Waals surface area contributed by atoms with Gasteiger partial charge in [0.15, 0.2) is 0 Å². The lowest BCUT2D eigenvalue weighted by atomic mass is 10.0. The molecule has 140 valence electrons. The average Bonchev–Trinajstić information content (AvgIpc) is 2.59. The monoisotopic (exact) mass is 365 g/mol. The number of fused-ring (bicyclic) bond motifs is 1. The Labute approximate surface area is 148 Å². The minimum Gasteiger partial charge on any atom is -0.478 e. The van der Waals surface area contributed by atoms with Gasteiger partial charge in [-0.15, -0.1) is 0 Å². The average molecular weight is 365 g/mol. The van der Waals surface area contributed by atoms with Gasteiger partial charge >= 0.3 is 23.9 Å². The molecule has 1 aromatic rings. The van der Waals surface area contributed by atoms with E-state index in [4.69, 9.17) is 20.4 Å². The van der Waals surface area contributed by atoms with Crippen LogP contribution in [0.3, 0.4) is 0 Å². The van der Waals surface area contributed by atoms with Crippen molar-refractivity contribution in [2.24, 2.45) is 0 Å². The molecule has 1 aromatic carbocycles. The molecule has 0 spiro atoms. The van der Waals surface area contributed by atoms with Gasteiger partial charge in [0.2, 0.25) is 0 Å². The first-order valence-electron chi connectivity index (χ1n) is 7.27. The largest absolute Gasteiger partial charge is 0.478 e. The van der Waals surface area contributed by atoms with Crippen molar-refractivity contribution in [2.45, 2.75) is 13.0 Å². The summed E-state index contributed by atoms with van der Waals surface area (Å²) in [5.41, 5.74) is 2.98. The lowest BCUT2D eigenvalue weighted by molar-refractivity contribution is -0.134. The number of rotatable bonds is 4. The van der Waals surface area contributed by atoms with Gasteiger partial charge in [0.05, 0.1) is 0 Å². The molecule has 2 rings (SSSR count). The van der Waals surface area contributed by atoms with Crippen LogP contribution in [0.1, 0.15) is 11.1 Å². The second kappa shape index (κ2) is 12.9. The molecule has 1 aliphatic rings. The molecule has 0 saturated carbocycles. The van der Waals surface area contributed by atoms with Crippen molar-refractivity contribution >= 4 is 23.9 Å². The van der Waals surface area contributed by atoms with Gasteiger partial charge in [0, 0.05) is 30.8 Å². The highest BCUT2D eigenvalue weighted by Gasteiger charge is 2.05. The Morgan fingerprint density at radius 1 is 0.731 bits per heavy atom. The van der Waals surface area contributed by atoms with E-state index in [9.17, 15) is 19.2 Å². The minimum atomic E-state index is -1.26. The maximum Gasteiger partial charge on any atom is 0.328 e. The quantitative estimate of drug-likeness (QED) is 0.485. The third-order valence-electron chi connectivity index (χ3n) is 2.74. The Morgan fingerprint density at radius 2 is 1.12 bits per heavy atom. The zero-order chi connectivity index (χ0) is 19.9. The van der Waals surface area contributed by atoms with Crippen molar-refractivity contribution in [3.05, 3.63) is 59.7 Å². The molecule has 26 heavy (non-hydrogen) atoms.